The lowest BCUT2D eigenvalue weighted by atomic mass is 10.1. The highest BCUT2D eigenvalue weighted by atomic mass is 19.1. The van der Waals surface area contributed by atoms with Crippen molar-refractivity contribution in [3.05, 3.63) is 41.8 Å². The van der Waals surface area contributed by atoms with Gasteiger partial charge in [0.2, 0.25) is 0 Å². The standard InChI is InChI=1S/C21H28FN3O3/c1-15(28-14-19-6-4-12-27-19)21(26)25(2)11-3-5-18-13-20(24-23-18)16-7-9-17(22)10-8-16/h7-10,13,15,19H,3-6,11-12,14H2,1-2H3,(H,23,24). The Bertz CT molecular complexity index is 757. The lowest BCUT2D eigenvalue weighted by Gasteiger charge is -2.22. The molecule has 0 aliphatic carbocycles. The second-order valence-corrected chi connectivity index (χ2v) is 7.26. The summed E-state index contributed by atoms with van der Waals surface area (Å²) in [4.78, 5) is 14.1. The molecule has 3 rings (SSSR count). The third kappa shape index (κ3) is 5.62. The molecule has 0 spiro atoms. The summed E-state index contributed by atoms with van der Waals surface area (Å²) >= 11 is 0. The van der Waals surface area contributed by atoms with Crippen molar-refractivity contribution in [2.24, 2.45) is 0 Å². The minimum absolute atomic E-state index is 0.0189. The van der Waals surface area contributed by atoms with E-state index in [2.05, 4.69) is 10.2 Å². The number of carbonyl (C=O) groups excluding carboxylic acids is 1. The molecule has 152 valence electrons. The van der Waals surface area contributed by atoms with Crippen molar-refractivity contribution in [2.75, 3.05) is 26.8 Å². The Hall–Kier alpha value is -2.25. The molecule has 1 saturated heterocycles. The van der Waals surface area contributed by atoms with Crippen LogP contribution in [0.2, 0.25) is 0 Å². The number of nitrogens with one attached hydrogen (secondary N) is 1. The van der Waals surface area contributed by atoms with Crippen LogP contribution in [0.25, 0.3) is 11.3 Å². The van der Waals surface area contributed by atoms with Gasteiger partial charge >= 0.3 is 0 Å². The number of likely N-dealkylation sites (N-methyl/N-ethyl adjacent to an activating group) is 1. The van der Waals surface area contributed by atoms with Crippen LogP contribution in [-0.2, 0) is 20.7 Å². The highest BCUT2D eigenvalue weighted by Gasteiger charge is 2.21. The number of hydrogen-bond donors (Lipinski definition) is 1. The summed E-state index contributed by atoms with van der Waals surface area (Å²) in [6, 6.07) is 8.22. The molecular formula is C21H28FN3O3. The molecule has 0 bridgehead atoms. The molecule has 1 aromatic carbocycles. The first-order chi connectivity index (χ1) is 13.5. The summed E-state index contributed by atoms with van der Waals surface area (Å²) in [6.45, 7) is 3.68. The molecule has 1 amide bonds. The van der Waals surface area contributed by atoms with Crippen molar-refractivity contribution in [1.82, 2.24) is 15.1 Å². The van der Waals surface area contributed by atoms with Gasteiger partial charge in [-0.3, -0.25) is 9.89 Å². The van der Waals surface area contributed by atoms with E-state index in [9.17, 15) is 9.18 Å². The quantitative estimate of drug-likeness (QED) is 0.715. The number of ether oxygens (including phenoxy) is 2. The van der Waals surface area contributed by atoms with E-state index in [1.165, 1.54) is 12.1 Å². The Morgan fingerprint density at radius 3 is 2.93 bits per heavy atom. The van der Waals surface area contributed by atoms with Gasteiger partial charge in [0.15, 0.2) is 0 Å². The Morgan fingerprint density at radius 2 is 2.21 bits per heavy atom. The number of carbonyl (C=O) groups is 1. The predicted molar refractivity (Wildman–Crippen MR) is 104 cm³/mol. The summed E-state index contributed by atoms with van der Waals surface area (Å²) in [5.74, 6) is -0.282. The van der Waals surface area contributed by atoms with Crippen molar-refractivity contribution in [1.29, 1.82) is 0 Å². The van der Waals surface area contributed by atoms with E-state index in [1.807, 2.05) is 6.07 Å². The van der Waals surface area contributed by atoms with Crippen LogP contribution in [0.1, 0.15) is 31.9 Å². The van der Waals surface area contributed by atoms with E-state index in [4.69, 9.17) is 9.47 Å². The highest BCUT2D eigenvalue weighted by molar-refractivity contribution is 5.80. The van der Waals surface area contributed by atoms with Gasteiger partial charge in [0.05, 0.1) is 18.4 Å². The third-order valence-corrected chi connectivity index (χ3v) is 4.99. The van der Waals surface area contributed by atoms with Crippen molar-refractivity contribution in [3.8, 4) is 11.3 Å². The van der Waals surface area contributed by atoms with Gasteiger partial charge in [0.1, 0.15) is 11.9 Å². The molecule has 28 heavy (non-hydrogen) atoms. The number of amides is 1. The molecule has 2 aromatic rings. The number of aromatic nitrogens is 2. The van der Waals surface area contributed by atoms with Crippen LogP contribution in [0.3, 0.4) is 0 Å². The number of hydrogen-bond acceptors (Lipinski definition) is 4. The molecule has 1 N–H and O–H groups in total. The number of nitrogens with zero attached hydrogens (tertiary/aromatic N) is 2. The second kappa shape index (κ2) is 9.80. The maximum atomic E-state index is 13.0. The van der Waals surface area contributed by atoms with Crippen LogP contribution in [0, 0.1) is 5.82 Å². The SMILES string of the molecule is CC(OCC1CCCO1)C(=O)N(C)CCCc1cc(-c2ccc(F)cc2)n[nH]1. The molecule has 1 fully saturated rings. The summed E-state index contributed by atoms with van der Waals surface area (Å²) in [5, 5.41) is 7.29. The average molecular weight is 389 g/mol. The van der Waals surface area contributed by atoms with E-state index in [0.29, 0.717) is 13.2 Å². The first kappa shape index (κ1) is 20.5. The van der Waals surface area contributed by atoms with Gasteiger partial charge in [-0.05, 0) is 62.9 Å². The minimum atomic E-state index is -0.466. The number of aromatic amines is 1. The molecule has 1 aliphatic rings. The van der Waals surface area contributed by atoms with E-state index in [1.54, 1.807) is 31.0 Å². The zero-order valence-corrected chi connectivity index (χ0v) is 16.5. The van der Waals surface area contributed by atoms with Gasteiger partial charge < -0.3 is 14.4 Å². The van der Waals surface area contributed by atoms with E-state index in [-0.39, 0.29) is 17.8 Å². The fourth-order valence-corrected chi connectivity index (χ4v) is 3.28. The molecule has 2 unspecified atom stereocenters. The maximum absolute atomic E-state index is 13.0. The van der Waals surface area contributed by atoms with Crippen LogP contribution in [0.4, 0.5) is 4.39 Å². The van der Waals surface area contributed by atoms with Gasteiger partial charge in [-0.25, -0.2) is 4.39 Å². The predicted octanol–water partition coefficient (Wildman–Crippen LogP) is 3.19. The molecule has 0 radical (unpaired) electrons. The van der Waals surface area contributed by atoms with Crippen LogP contribution >= 0.6 is 0 Å². The van der Waals surface area contributed by atoms with Crippen LogP contribution in [-0.4, -0.2) is 60.0 Å². The number of rotatable bonds is 9. The van der Waals surface area contributed by atoms with Crippen molar-refractivity contribution in [2.45, 2.75) is 44.8 Å². The number of aryl methyl sites for hydroxylation is 1. The van der Waals surface area contributed by atoms with E-state index < -0.39 is 6.10 Å². The van der Waals surface area contributed by atoms with E-state index in [0.717, 1.165) is 49.2 Å². The van der Waals surface area contributed by atoms with Crippen molar-refractivity contribution in [3.63, 3.8) is 0 Å². The van der Waals surface area contributed by atoms with Gasteiger partial charge in [-0.15, -0.1) is 0 Å². The Labute approximate surface area is 165 Å². The first-order valence-electron chi connectivity index (χ1n) is 9.81. The lowest BCUT2D eigenvalue weighted by molar-refractivity contribution is -0.143. The smallest absolute Gasteiger partial charge is 0.251 e. The number of H-pyrrole nitrogens is 1. The minimum Gasteiger partial charge on any atom is -0.376 e. The monoisotopic (exact) mass is 389 g/mol. The Kier molecular flexibility index (Phi) is 7.17. The van der Waals surface area contributed by atoms with Gasteiger partial charge in [0.25, 0.3) is 5.91 Å². The Morgan fingerprint density at radius 1 is 1.43 bits per heavy atom. The van der Waals surface area contributed by atoms with Crippen LogP contribution < -0.4 is 0 Å². The summed E-state index contributed by atoms with van der Waals surface area (Å²) < 4.78 is 24.2. The second-order valence-electron chi connectivity index (χ2n) is 7.26. The van der Waals surface area contributed by atoms with Crippen LogP contribution in [0.5, 0.6) is 0 Å². The largest absolute Gasteiger partial charge is 0.376 e. The number of halogens is 1. The van der Waals surface area contributed by atoms with Gasteiger partial charge in [-0.2, -0.15) is 5.10 Å². The summed E-state index contributed by atoms with van der Waals surface area (Å²) in [6.07, 6.45) is 3.30. The highest BCUT2D eigenvalue weighted by Crippen LogP contribution is 2.18. The lowest BCUT2D eigenvalue weighted by Crippen LogP contribution is -2.38. The molecule has 0 saturated carbocycles. The zero-order chi connectivity index (χ0) is 19.9. The normalized spacial score (nSPS) is 17.6. The summed E-state index contributed by atoms with van der Waals surface area (Å²) in [7, 11) is 1.80. The van der Waals surface area contributed by atoms with Gasteiger partial charge in [-0.1, -0.05) is 0 Å². The van der Waals surface area contributed by atoms with E-state index >= 15 is 0 Å². The molecule has 1 aromatic heterocycles. The molecule has 1 aliphatic heterocycles. The molecule has 6 nitrogen and oxygen atoms in total. The van der Waals surface area contributed by atoms with Gasteiger partial charge in [0, 0.05) is 31.5 Å². The van der Waals surface area contributed by atoms with Crippen LogP contribution in [0.15, 0.2) is 30.3 Å². The zero-order valence-electron chi connectivity index (χ0n) is 16.5. The molecule has 7 heteroatoms. The molecule has 2 heterocycles. The fraction of sp³-hybridized carbons (Fsp3) is 0.524. The average Bonchev–Trinajstić information content (AvgIpc) is 3.38. The molecule has 2 atom stereocenters. The first-order valence-corrected chi connectivity index (χ1v) is 9.81. The van der Waals surface area contributed by atoms with Crippen molar-refractivity contribution < 1.29 is 18.7 Å². The third-order valence-electron chi connectivity index (χ3n) is 4.99. The maximum Gasteiger partial charge on any atom is 0.251 e. The molecular weight excluding hydrogens is 361 g/mol. The summed E-state index contributed by atoms with van der Waals surface area (Å²) in [5.41, 5.74) is 2.65. The Balaban J connectivity index is 1.40. The van der Waals surface area contributed by atoms with Crippen molar-refractivity contribution >= 4 is 5.91 Å². The number of benzene rings is 1. The topological polar surface area (TPSA) is 67.5 Å². The fourth-order valence-electron chi connectivity index (χ4n) is 3.28.